The highest BCUT2D eigenvalue weighted by atomic mass is 32.2. The number of aromatic nitrogens is 1. The van der Waals surface area contributed by atoms with E-state index in [2.05, 4.69) is 20.5 Å². The zero-order chi connectivity index (χ0) is 20.5. The van der Waals surface area contributed by atoms with Gasteiger partial charge in [0.25, 0.3) is 0 Å². The van der Waals surface area contributed by atoms with Crippen LogP contribution in [0.5, 0.6) is 0 Å². The first-order chi connectivity index (χ1) is 14.1. The third-order valence-corrected chi connectivity index (χ3v) is 6.46. The lowest BCUT2D eigenvalue weighted by Crippen LogP contribution is -2.41. The maximum Gasteiger partial charge on any atom is 0.234 e. The van der Waals surface area contributed by atoms with E-state index in [4.69, 9.17) is 4.74 Å². The van der Waals surface area contributed by atoms with Crippen LogP contribution in [0.15, 0.2) is 34.0 Å². The smallest absolute Gasteiger partial charge is 0.234 e. The molecule has 0 bridgehead atoms. The first-order valence-electron chi connectivity index (χ1n) is 9.59. The van der Waals surface area contributed by atoms with Crippen LogP contribution in [0.1, 0.15) is 11.3 Å². The normalized spacial score (nSPS) is 14.5. The minimum atomic E-state index is -0.0727. The number of carbonyl (C=O) groups is 2. The number of thiazole rings is 1. The Balaban J connectivity index is 1.34. The third-order valence-electron chi connectivity index (χ3n) is 4.39. The molecule has 0 saturated carbocycles. The summed E-state index contributed by atoms with van der Waals surface area (Å²) < 4.78 is 6.11. The molecule has 7 nitrogen and oxygen atoms in total. The molecule has 0 atom stereocenters. The quantitative estimate of drug-likeness (QED) is 0.589. The molecule has 1 aliphatic heterocycles. The molecule has 0 unspecified atom stereocenters. The van der Waals surface area contributed by atoms with Crippen molar-refractivity contribution in [3.05, 3.63) is 40.9 Å². The second kappa shape index (κ2) is 11.3. The maximum absolute atomic E-state index is 12.1. The fourth-order valence-corrected chi connectivity index (χ4v) is 4.45. The topological polar surface area (TPSA) is 83.6 Å². The van der Waals surface area contributed by atoms with E-state index in [9.17, 15) is 9.59 Å². The van der Waals surface area contributed by atoms with Crippen LogP contribution in [0.3, 0.4) is 0 Å². The predicted molar refractivity (Wildman–Crippen MR) is 117 cm³/mol. The van der Waals surface area contributed by atoms with Crippen LogP contribution in [-0.4, -0.2) is 66.8 Å². The van der Waals surface area contributed by atoms with E-state index in [1.807, 2.05) is 36.6 Å². The molecule has 3 rings (SSSR count). The minimum Gasteiger partial charge on any atom is -0.379 e. The number of ether oxygens (including phenoxy) is 1. The molecule has 2 amide bonds. The SMILES string of the molecule is Cc1ccc(NC(=O)CSc2nc(CC(=O)NCCN3CCOCC3)cs2)cc1. The summed E-state index contributed by atoms with van der Waals surface area (Å²) in [5.74, 6) is 0.181. The van der Waals surface area contributed by atoms with Gasteiger partial charge in [-0.3, -0.25) is 14.5 Å². The van der Waals surface area contributed by atoms with Crippen LogP contribution < -0.4 is 10.6 Å². The number of nitrogens with one attached hydrogen (secondary N) is 2. The average molecular weight is 435 g/mol. The van der Waals surface area contributed by atoms with E-state index in [0.29, 0.717) is 6.54 Å². The first-order valence-corrected chi connectivity index (χ1v) is 11.5. The minimum absolute atomic E-state index is 0.0303. The number of amides is 2. The summed E-state index contributed by atoms with van der Waals surface area (Å²) in [6.45, 7) is 6.82. The molecular formula is C20H26N4O3S2. The zero-order valence-corrected chi connectivity index (χ0v) is 18.1. The van der Waals surface area contributed by atoms with Crippen molar-refractivity contribution in [2.75, 3.05) is 50.5 Å². The number of benzene rings is 1. The van der Waals surface area contributed by atoms with Crippen molar-refractivity contribution in [1.29, 1.82) is 0 Å². The molecule has 156 valence electrons. The van der Waals surface area contributed by atoms with Crippen molar-refractivity contribution in [1.82, 2.24) is 15.2 Å². The van der Waals surface area contributed by atoms with Gasteiger partial charge in [-0.2, -0.15) is 0 Å². The zero-order valence-electron chi connectivity index (χ0n) is 16.5. The molecule has 1 aromatic heterocycles. The number of anilines is 1. The van der Waals surface area contributed by atoms with Crippen LogP contribution in [0.4, 0.5) is 5.69 Å². The van der Waals surface area contributed by atoms with E-state index in [-0.39, 0.29) is 24.0 Å². The molecule has 2 aromatic rings. The number of rotatable bonds is 9. The Hall–Kier alpha value is -1.94. The molecule has 1 aromatic carbocycles. The van der Waals surface area contributed by atoms with Gasteiger partial charge in [-0.25, -0.2) is 4.98 Å². The van der Waals surface area contributed by atoms with Gasteiger partial charge in [0.15, 0.2) is 4.34 Å². The van der Waals surface area contributed by atoms with Crippen LogP contribution in [0.25, 0.3) is 0 Å². The molecule has 9 heteroatoms. The maximum atomic E-state index is 12.1. The number of hydrogen-bond donors (Lipinski definition) is 2. The van der Waals surface area contributed by atoms with Gasteiger partial charge in [0.1, 0.15) is 0 Å². The molecule has 0 aliphatic carbocycles. The molecule has 1 saturated heterocycles. The van der Waals surface area contributed by atoms with Crippen LogP contribution in [0.2, 0.25) is 0 Å². The number of carbonyl (C=O) groups excluding carboxylic acids is 2. The van der Waals surface area contributed by atoms with E-state index in [1.54, 1.807) is 0 Å². The second-order valence-electron chi connectivity index (χ2n) is 6.79. The lowest BCUT2D eigenvalue weighted by molar-refractivity contribution is -0.120. The van der Waals surface area contributed by atoms with Crippen LogP contribution in [0, 0.1) is 6.92 Å². The average Bonchev–Trinajstić information content (AvgIpc) is 3.16. The lowest BCUT2D eigenvalue weighted by atomic mass is 10.2. The number of hydrogen-bond acceptors (Lipinski definition) is 7. The standard InChI is InChI=1S/C20H26N4O3S2/c1-15-2-4-16(5-3-15)22-19(26)14-29-20-23-17(13-28-20)12-18(25)21-6-7-24-8-10-27-11-9-24/h2-5,13H,6-12,14H2,1H3,(H,21,25)(H,22,26). The predicted octanol–water partition coefficient (Wildman–Crippen LogP) is 2.17. The number of thioether (sulfide) groups is 1. The van der Waals surface area contributed by atoms with Gasteiger partial charge in [-0.15, -0.1) is 11.3 Å². The molecule has 2 N–H and O–H groups in total. The molecule has 0 radical (unpaired) electrons. The Bertz CT molecular complexity index is 804. The van der Waals surface area contributed by atoms with Crippen molar-refractivity contribution in [3.8, 4) is 0 Å². The first kappa shape index (κ1) is 21.8. The lowest BCUT2D eigenvalue weighted by Gasteiger charge is -2.26. The molecule has 1 fully saturated rings. The van der Waals surface area contributed by atoms with Crippen LogP contribution >= 0.6 is 23.1 Å². The molecule has 0 spiro atoms. The molecule has 2 heterocycles. The van der Waals surface area contributed by atoms with Gasteiger partial charge in [0, 0.05) is 37.2 Å². The van der Waals surface area contributed by atoms with Gasteiger partial charge < -0.3 is 15.4 Å². The van der Waals surface area contributed by atoms with Crippen molar-refractivity contribution in [2.24, 2.45) is 0 Å². The Morgan fingerprint density at radius 1 is 1.21 bits per heavy atom. The highest BCUT2D eigenvalue weighted by Gasteiger charge is 2.12. The Morgan fingerprint density at radius 3 is 2.72 bits per heavy atom. The van der Waals surface area contributed by atoms with Crippen molar-refractivity contribution in [2.45, 2.75) is 17.7 Å². The summed E-state index contributed by atoms with van der Waals surface area (Å²) in [4.78, 5) is 30.9. The van der Waals surface area contributed by atoms with E-state index >= 15 is 0 Å². The van der Waals surface area contributed by atoms with Gasteiger partial charge in [0.05, 0.1) is 31.1 Å². The van der Waals surface area contributed by atoms with E-state index in [0.717, 1.165) is 54.1 Å². The number of aryl methyl sites for hydroxylation is 1. The highest BCUT2D eigenvalue weighted by Crippen LogP contribution is 2.23. The molecule has 29 heavy (non-hydrogen) atoms. The highest BCUT2D eigenvalue weighted by molar-refractivity contribution is 8.01. The molecule has 1 aliphatic rings. The fraction of sp³-hybridized carbons (Fsp3) is 0.450. The van der Waals surface area contributed by atoms with Gasteiger partial charge in [0.2, 0.25) is 11.8 Å². The third kappa shape index (κ3) is 7.77. The summed E-state index contributed by atoms with van der Waals surface area (Å²) >= 11 is 2.84. The summed E-state index contributed by atoms with van der Waals surface area (Å²) in [5, 5.41) is 7.69. The summed E-state index contributed by atoms with van der Waals surface area (Å²) in [6, 6.07) is 7.69. The van der Waals surface area contributed by atoms with Crippen molar-refractivity contribution < 1.29 is 14.3 Å². The fourth-order valence-electron chi connectivity index (χ4n) is 2.80. The summed E-state index contributed by atoms with van der Waals surface area (Å²) in [6.07, 6.45) is 0.260. The molecular weight excluding hydrogens is 408 g/mol. The summed E-state index contributed by atoms with van der Waals surface area (Å²) in [7, 11) is 0. The Morgan fingerprint density at radius 2 is 1.97 bits per heavy atom. The largest absolute Gasteiger partial charge is 0.379 e. The second-order valence-corrected chi connectivity index (χ2v) is 8.87. The summed E-state index contributed by atoms with van der Waals surface area (Å²) in [5.41, 5.74) is 2.67. The monoisotopic (exact) mass is 434 g/mol. The van der Waals surface area contributed by atoms with Gasteiger partial charge >= 0.3 is 0 Å². The number of morpholine rings is 1. The Kier molecular flexibility index (Phi) is 8.48. The number of nitrogens with zero attached hydrogens (tertiary/aromatic N) is 2. The Labute approximate surface area is 179 Å². The van der Waals surface area contributed by atoms with E-state index < -0.39 is 0 Å². The van der Waals surface area contributed by atoms with Crippen LogP contribution in [-0.2, 0) is 20.7 Å². The van der Waals surface area contributed by atoms with Gasteiger partial charge in [-0.05, 0) is 19.1 Å². The van der Waals surface area contributed by atoms with Gasteiger partial charge in [-0.1, -0.05) is 29.5 Å². The van der Waals surface area contributed by atoms with E-state index in [1.165, 1.54) is 23.1 Å². The van der Waals surface area contributed by atoms with Crippen molar-refractivity contribution in [3.63, 3.8) is 0 Å². The van der Waals surface area contributed by atoms with Crippen molar-refractivity contribution >= 4 is 40.6 Å².